The van der Waals surface area contributed by atoms with E-state index in [1.807, 2.05) is 37.4 Å². The van der Waals surface area contributed by atoms with E-state index in [1.165, 1.54) is 23.3 Å². The average molecular weight is 989 g/mol. The normalized spacial score (nSPS) is 28.9. The van der Waals surface area contributed by atoms with Crippen LogP contribution in [0.25, 0.3) is 11.0 Å². The summed E-state index contributed by atoms with van der Waals surface area (Å²) < 4.78 is 49.1. The number of carbonyl (C=O) groups excluding carboxylic acids is 1. The van der Waals surface area contributed by atoms with Gasteiger partial charge in [-0.1, -0.05) is 24.3 Å². The topological polar surface area (TPSA) is 205 Å². The van der Waals surface area contributed by atoms with E-state index < -0.39 is 43.1 Å². The van der Waals surface area contributed by atoms with Gasteiger partial charge in [0.2, 0.25) is 5.88 Å². The summed E-state index contributed by atoms with van der Waals surface area (Å²) in [5, 5.41) is 26.8. The van der Waals surface area contributed by atoms with E-state index in [9.17, 15) is 28.4 Å². The van der Waals surface area contributed by atoms with Gasteiger partial charge in [-0.25, -0.2) is 13.1 Å². The first-order valence-corrected chi connectivity index (χ1v) is 26.8. The number of nitrogens with zero attached hydrogens (tertiary/aromatic N) is 5. The molecule has 18 heteroatoms. The Labute approximate surface area is 414 Å². The van der Waals surface area contributed by atoms with E-state index in [2.05, 4.69) is 67.8 Å². The maximum Gasteiger partial charge on any atom is 0.293 e. The SMILES string of the molecule is Cc1ccccc1[C@@H]1COCCN1C1CC2(CCN(c3ccc(C(=O)NS(=O)(=O)c4ccc(NCC5CCC(C)(O)CC5)c([N+](=O)[O-])c4)c(N4c5cc6cc[nH]c6nc5O[C@H]5COCC[C@@H]54)c3)[C@H](C)C2)C1. The van der Waals surface area contributed by atoms with Crippen LogP contribution in [0.15, 0.2) is 83.9 Å². The van der Waals surface area contributed by atoms with Gasteiger partial charge in [0.1, 0.15) is 23.1 Å². The number of sulfonamides is 1. The van der Waals surface area contributed by atoms with Crippen molar-refractivity contribution in [2.45, 2.75) is 119 Å². The fourth-order valence-corrected chi connectivity index (χ4v) is 13.6. The van der Waals surface area contributed by atoms with E-state index in [0.29, 0.717) is 74.6 Å². The van der Waals surface area contributed by atoms with Crippen LogP contribution in [-0.4, -0.2) is 115 Å². The third-order valence-corrected chi connectivity index (χ3v) is 17.9. The number of nitro benzene ring substituents is 1. The Morgan fingerprint density at radius 1 is 0.958 bits per heavy atom. The van der Waals surface area contributed by atoms with Crippen LogP contribution in [0.3, 0.4) is 0 Å². The van der Waals surface area contributed by atoms with Crippen LogP contribution in [0.2, 0.25) is 0 Å². The highest BCUT2D eigenvalue weighted by Crippen LogP contribution is 2.55. The summed E-state index contributed by atoms with van der Waals surface area (Å²) in [6.45, 7) is 10.7. The third-order valence-electron chi connectivity index (χ3n) is 16.6. The molecule has 0 unspecified atom stereocenters. The van der Waals surface area contributed by atoms with Crippen molar-refractivity contribution in [2.75, 3.05) is 61.2 Å². The maximum absolute atomic E-state index is 14.7. The summed E-state index contributed by atoms with van der Waals surface area (Å²) in [5.74, 6) is -0.317. The average Bonchev–Trinajstić information content (AvgIpc) is 3.81. The lowest BCUT2D eigenvalue weighted by atomic mass is 9.58. The molecular formula is C53H64N8O9S. The molecule has 2 saturated carbocycles. The van der Waals surface area contributed by atoms with Crippen LogP contribution in [-0.2, 0) is 19.5 Å². The minimum atomic E-state index is -4.62. The van der Waals surface area contributed by atoms with Gasteiger partial charge < -0.3 is 39.4 Å². The molecule has 3 aromatic carbocycles. The zero-order chi connectivity index (χ0) is 49.2. The van der Waals surface area contributed by atoms with Crippen molar-refractivity contribution in [1.82, 2.24) is 19.6 Å². The summed E-state index contributed by atoms with van der Waals surface area (Å²) in [4.78, 5) is 41.3. The standard InChI is InChI=1S/C53H64N8O9S/c1-33-6-4-5-7-40(33)47-31-69-23-21-59(47)38-28-53(29-38)18-20-58(34(2)27-53)37-8-10-41(44(25-37)60-43-15-22-68-32-48(43)70-51-46(60)24-36-14-19-54-49(36)56-51)50(62)57-71(66,67)39-9-11-42(45(26-39)61(64)65)55-30-35-12-16-52(3,63)17-13-35/h4-11,14,19,24-26,34-35,38,43,47-48,55,63H,12-13,15-18,20-23,27-32H2,1-3H3,(H,54,56)(H,57,62)/t34-,35?,38?,43+,47+,48+,52?,53?/m1/s1. The number of aromatic nitrogens is 2. The minimum absolute atomic E-state index is 0.112. The van der Waals surface area contributed by atoms with Crippen molar-refractivity contribution >= 4 is 55.4 Å². The number of hydrogen-bond acceptors (Lipinski definition) is 14. The summed E-state index contributed by atoms with van der Waals surface area (Å²) >= 11 is 0. The number of aryl methyl sites for hydroxylation is 1. The molecule has 3 saturated heterocycles. The number of benzene rings is 3. The van der Waals surface area contributed by atoms with E-state index in [1.54, 1.807) is 6.07 Å². The van der Waals surface area contributed by atoms with Crippen molar-refractivity contribution < 1.29 is 37.5 Å². The Hall–Kier alpha value is -5.79. The molecule has 1 amide bonds. The van der Waals surface area contributed by atoms with Crippen LogP contribution < -0.4 is 24.6 Å². The van der Waals surface area contributed by atoms with Crippen LogP contribution in [0.4, 0.5) is 28.4 Å². The predicted molar refractivity (Wildman–Crippen MR) is 270 cm³/mol. The number of H-pyrrole nitrogens is 1. The van der Waals surface area contributed by atoms with Gasteiger partial charge in [-0.2, -0.15) is 4.98 Å². The van der Waals surface area contributed by atoms with E-state index in [-0.39, 0.29) is 40.7 Å². The third kappa shape index (κ3) is 9.22. The Morgan fingerprint density at radius 2 is 1.76 bits per heavy atom. The monoisotopic (exact) mass is 988 g/mol. The summed E-state index contributed by atoms with van der Waals surface area (Å²) in [5.41, 5.74) is 4.71. The molecule has 4 atom stereocenters. The zero-order valence-electron chi connectivity index (χ0n) is 40.6. The van der Waals surface area contributed by atoms with Gasteiger partial charge in [-0.3, -0.25) is 19.8 Å². The molecule has 17 nitrogen and oxygen atoms in total. The Bertz CT molecular complexity index is 2950. The minimum Gasteiger partial charge on any atom is -0.468 e. The van der Waals surface area contributed by atoms with Crippen LogP contribution >= 0.6 is 0 Å². The number of piperidine rings is 1. The van der Waals surface area contributed by atoms with Crippen LogP contribution in [0.5, 0.6) is 5.88 Å². The number of hydrogen-bond donors (Lipinski definition) is 4. The number of nitrogens with one attached hydrogen (secondary N) is 3. The number of aliphatic hydroxyl groups is 1. The number of amides is 1. The number of fused-ring (bicyclic) bond motifs is 3. The van der Waals surface area contributed by atoms with Crippen molar-refractivity contribution in [3.63, 3.8) is 0 Å². The van der Waals surface area contributed by atoms with Gasteiger partial charge in [0, 0.05) is 61.7 Å². The number of pyridine rings is 1. The molecular weight excluding hydrogens is 925 g/mol. The lowest BCUT2D eigenvalue weighted by Gasteiger charge is -2.59. The van der Waals surface area contributed by atoms with E-state index >= 15 is 0 Å². The molecule has 0 bridgehead atoms. The highest BCUT2D eigenvalue weighted by molar-refractivity contribution is 7.90. The maximum atomic E-state index is 14.7. The van der Waals surface area contributed by atoms with Crippen molar-refractivity contribution in [1.29, 1.82) is 0 Å². The fourth-order valence-electron chi connectivity index (χ4n) is 12.6. The molecule has 0 radical (unpaired) electrons. The quantitative estimate of drug-likeness (QED) is 0.0729. The number of aromatic amines is 1. The number of carbonyl (C=O) groups is 1. The molecule has 376 valence electrons. The lowest BCUT2D eigenvalue weighted by molar-refractivity contribution is -0.384. The van der Waals surface area contributed by atoms with E-state index in [0.717, 1.165) is 75.4 Å². The number of rotatable bonds is 11. The number of ether oxygens (including phenoxy) is 3. The van der Waals surface area contributed by atoms with Gasteiger partial charge in [0.15, 0.2) is 0 Å². The first-order chi connectivity index (χ1) is 34.1. The van der Waals surface area contributed by atoms with E-state index in [4.69, 9.17) is 19.2 Å². The second kappa shape index (κ2) is 18.7. The molecule has 2 aliphatic carbocycles. The highest BCUT2D eigenvalue weighted by atomic mass is 32.2. The summed E-state index contributed by atoms with van der Waals surface area (Å²) in [6, 6.07) is 22.4. The Balaban J connectivity index is 0.881. The number of morpholine rings is 1. The highest BCUT2D eigenvalue weighted by Gasteiger charge is 2.51. The molecule has 4 N–H and O–H groups in total. The molecule has 5 fully saturated rings. The first kappa shape index (κ1) is 47.5. The molecule has 5 aromatic rings. The molecule has 71 heavy (non-hydrogen) atoms. The number of nitro groups is 1. The molecule has 6 heterocycles. The van der Waals surface area contributed by atoms with Gasteiger partial charge in [-0.05, 0) is 143 Å². The smallest absolute Gasteiger partial charge is 0.293 e. The van der Waals surface area contributed by atoms with Gasteiger partial charge in [0.05, 0.1) is 58.6 Å². The predicted octanol–water partition coefficient (Wildman–Crippen LogP) is 8.15. The summed E-state index contributed by atoms with van der Waals surface area (Å²) in [7, 11) is -4.62. The Kier molecular flexibility index (Phi) is 12.5. The van der Waals surface area contributed by atoms with Gasteiger partial charge in [-0.15, -0.1) is 0 Å². The molecule has 2 aromatic heterocycles. The Morgan fingerprint density at radius 3 is 2.55 bits per heavy atom. The van der Waals surface area contributed by atoms with Crippen molar-refractivity contribution in [2.24, 2.45) is 11.3 Å². The molecule has 6 aliphatic rings. The van der Waals surface area contributed by atoms with Crippen molar-refractivity contribution in [3.05, 3.63) is 106 Å². The van der Waals surface area contributed by atoms with Gasteiger partial charge >= 0.3 is 0 Å². The first-order valence-electron chi connectivity index (χ1n) is 25.3. The molecule has 11 rings (SSSR count). The number of anilines is 4. The van der Waals surface area contributed by atoms with Crippen LogP contribution in [0, 0.1) is 28.4 Å². The van der Waals surface area contributed by atoms with Gasteiger partial charge in [0.25, 0.3) is 21.6 Å². The molecule has 1 spiro atoms. The summed E-state index contributed by atoms with van der Waals surface area (Å²) in [6.07, 6.45) is 9.04. The van der Waals surface area contributed by atoms with Crippen LogP contribution in [0.1, 0.15) is 99.2 Å². The molecule has 4 aliphatic heterocycles. The second-order valence-corrected chi connectivity index (χ2v) is 23.0. The largest absolute Gasteiger partial charge is 0.468 e. The lowest BCUT2D eigenvalue weighted by Crippen LogP contribution is -2.59. The fraction of sp³-hybridized carbons (Fsp3) is 0.509. The second-order valence-electron chi connectivity index (χ2n) is 21.3. The zero-order valence-corrected chi connectivity index (χ0v) is 41.5. The van der Waals surface area contributed by atoms with Crippen molar-refractivity contribution in [3.8, 4) is 5.88 Å².